The predicted octanol–water partition coefficient (Wildman–Crippen LogP) is 6.37. The normalized spacial score (nSPS) is 24.4. The summed E-state index contributed by atoms with van der Waals surface area (Å²) in [7, 11) is 0. The minimum Gasteiger partial charge on any atom is -0.465 e. The van der Waals surface area contributed by atoms with E-state index >= 15 is 0 Å². The summed E-state index contributed by atoms with van der Waals surface area (Å²) >= 11 is 3.28. The van der Waals surface area contributed by atoms with Gasteiger partial charge in [-0.25, -0.2) is 14.8 Å². The molecule has 4 rings (SSSR count). The number of amides is 2. The maximum absolute atomic E-state index is 13.5. The van der Waals surface area contributed by atoms with Crippen molar-refractivity contribution in [3.63, 3.8) is 0 Å². The Hall–Kier alpha value is -2.27. The van der Waals surface area contributed by atoms with Crippen molar-refractivity contribution in [1.82, 2.24) is 20.2 Å². The number of nitrogens with one attached hydrogen (secondary N) is 2. The lowest BCUT2D eigenvalue weighted by Gasteiger charge is -2.49. The minimum absolute atomic E-state index is 0.0494. The van der Waals surface area contributed by atoms with Crippen molar-refractivity contribution in [2.24, 2.45) is 11.3 Å². The zero-order chi connectivity index (χ0) is 28.4. The van der Waals surface area contributed by atoms with Crippen molar-refractivity contribution in [3.8, 4) is 0 Å². The van der Waals surface area contributed by atoms with Crippen LogP contribution in [0.4, 0.5) is 9.93 Å². The second-order valence-corrected chi connectivity index (χ2v) is 15.3. The molecule has 0 aromatic carbocycles. The molecule has 1 aliphatic heterocycles. The van der Waals surface area contributed by atoms with E-state index in [2.05, 4.69) is 62.1 Å². The minimum atomic E-state index is -0.990. The smallest absolute Gasteiger partial charge is 0.405 e. The molecule has 0 bridgehead atoms. The second-order valence-electron chi connectivity index (χ2n) is 12.9. The van der Waals surface area contributed by atoms with E-state index in [0.717, 1.165) is 40.4 Å². The average Bonchev–Trinajstić information content (AvgIpc) is 3.51. The Bertz CT molecular complexity index is 1140. The van der Waals surface area contributed by atoms with Gasteiger partial charge in [-0.05, 0) is 43.9 Å². The van der Waals surface area contributed by atoms with E-state index in [4.69, 9.17) is 4.42 Å². The van der Waals surface area contributed by atoms with Crippen LogP contribution in [0.5, 0.6) is 0 Å². The van der Waals surface area contributed by atoms with Crippen LogP contribution in [-0.2, 0) is 16.0 Å². The van der Waals surface area contributed by atoms with Gasteiger partial charge >= 0.3 is 6.09 Å². The lowest BCUT2D eigenvalue weighted by molar-refractivity contribution is -0.138. The highest BCUT2D eigenvalue weighted by Crippen LogP contribution is 2.44. The van der Waals surface area contributed by atoms with Crippen LogP contribution in [0.2, 0.25) is 0 Å². The molecule has 2 fully saturated rings. The van der Waals surface area contributed by atoms with Crippen molar-refractivity contribution in [2.45, 2.75) is 107 Å². The Morgan fingerprint density at radius 2 is 1.87 bits per heavy atom. The number of piperidine rings is 1. The van der Waals surface area contributed by atoms with Gasteiger partial charge in [0.15, 0.2) is 5.13 Å². The summed E-state index contributed by atoms with van der Waals surface area (Å²) < 4.78 is 6.99. The highest BCUT2D eigenvalue weighted by molar-refractivity contribution is 8.00. The van der Waals surface area contributed by atoms with Gasteiger partial charge in [0.1, 0.15) is 5.76 Å². The first-order valence-corrected chi connectivity index (χ1v) is 15.7. The largest absolute Gasteiger partial charge is 0.465 e. The monoisotopic (exact) mass is 577 g/mol. The number of thioether (sulfide) groups is 1. The molecule has 1 saturated heterocycles. The van der Waals surface area contributed by atoms with Gasteiger partial charge in [-0.3, -0.25) is 4.79 Å². The van der Waals surface area contributed by atoms with E-state index in [-0.39, 0.29) is 28.7 Å². The highest BCUT2D eigenvalue weighted by atomic mass is 32.2. The van der Waals surface area contributed by atoms with Gasteiger partial charge in [0.2, 0.25) is 11.8 Å². The highest BCUT2D eigenvalue weighted by Gasteiger charge is 2.47. The molecule has 1 atom stereocenters. The number of likely N-dealkylation sites (tertiary alicyclic amines) is 1. The Kier molecular flexibility index (Phi) is 8.90. The van der Waals surface area contributed by atoms with Crippen LogP contribution in [0, 0.1) is 11.3 Å². The number of anilines is 1. The molecule has 3 heterocycles. The lowest BCUT2D eigenvalue weighted by atomic mass is 9.63. The quantitative estimate of drug-likeness (QED) is 0.325. The molecular weight excluding hydrogens is 534 g/mol. The van der Waals surface area contributed by atoms with Crippen LogP contribution >= 0.6 is 23.1 Å². The number of aromatic nitrogens is 2. The number of carboxylic acid groups (broad SMARTS) is 1. The molecule has 2 aromatic heterocycles. The summed E-state index contributed by atoms with van der Waals surface area (Å²) in [4.78, 5) is 35.9. The molecule has 2 aliphatic rings. The fourth-order valence-electron chi connectivity index (χ4n) is 5.60. The topological polar surface area (TPSA) is 121 Å². The molecule has 0 radical (unpaired) electrons. The van der Waals surface area contributed by atoms with E-state index in [1.807, 2.05) is 17.3 Å². The van der Waals surface area contributed by atoms with E-state index in [1.165, 1.54) is 0 Å². The Morgan fingerprint density at radius 3 is 2.49 bits per heavy atom. The maximum Gasteiger partial charge on any atom is 0.405 e. The number of carbonyl (C=O) groups is 2. The predicted molar refractivity (Wildman–Crippen MR) is 155 cm³/mol. The van der Waals surface area contributed by atoms with Crippen molar-refractivity contribution in [2.75, 3.05) is 18.4 Å². The van der Waals surface area contributed by atoms with Crippen LogP contribution in [0.25, 0.3) is 0 Å². The van der Waals surface area contributed by atoms with E-state index in [0.29, 0.717) is 38.0 Å². The molecule has 39 heavy (non-hydrogen) atoms. The van der Waals surface area contributed by atoms with Gasteiger partial charge in [0, 0.05) is 36.0 Å². The molecule has 2 amide bonds. The van der Waals surface area contributed by atoms with E-state index in [1.54, 1.807) is 23.1 Å². The van der Waals surface area contributed by atoms with E-state index < -0.39 is 11.6 Å². The Balaban J connectivity index is 1.28. The molecule has 2 aromatic rings. The summed E-state index contributed by atoms with van der Waals surface area (Å²) in [6.45, 7) is 14.0. The first-order valence-electron chi connectivity index (χ1n) is 13.9. The van der Waals surface area contributed by atoms with E-state index in [9.17, 15) is 14.7 Å². The first kappa shape index (κ1) is 29.7. The maximum atomic E-state index is 13.5. The molecule has 9 nitrogen and oxygen atoms in total. The molecule has 1 saturated carbocycles. The standard InChI is InChI=1S/C28H43N5O4S2/c1-26(2,3)20-14-29-21(37-20)17-38-22-15-30-24(39-22)31-19-8-7-13-33(16-19)23(34)18-9-11-28(12-10-18,27(4,5)6)32-25(35)36/h14-15,18-19,32H,7-13,16-17H2,1-6H3,(H,30,31)(H,35,36). The van der Waals surface area contributed by atoms with Crippen molar-refractivity contribution in [1.29, 1.82) is 0 Å². The van der Waals surface area contributed by atoms with Crippen LogP contribution in [0.3, 0.4) is 0 Å². The van der Waals surface area contributed by atoms with Crippen molar-refractivity contribution < 1.29 is 19.1 Å². The molecule has 3 N–H and O–H groups in total. The molecule has 1 unspecified atom stereocenters. The van der Waals surface area contributed by atoms with Crippen LogP contribution in [0.15, 0.2) is 21.0 Å². The fraction of sp³-hybridized carbons (Fsp3) is 0.714. The molecule has 216 valence electrons. The van der Waals surface area contributed by atoms with Gasteiger partial charge in [0.05, 0.1) is 22.4 Å². The van der Waals surface area contributed by atoms with Crippen LogP contribution < -0.4 is 10.6 Å². The van der Waals surface area contributed by atoms with Crippen molar-refractivity contribution in [3.05, 3.63) is 24.0 Å². The Labute approximate surface area is 239 Å². The van der Waals surface area contributed by atoms with Gasteiger partial charge in [-0.1, -0.05) is 52.9 Å². The lowest BCUT2D eigenvalue weighted by Crippen LogP contribution is -2.59. The number of carbonyl (C=O) groups excluding carboxylic acids is 1. The summed E-state index contributed by atoms with van der Waals surface area (Å²) in [5.74, 6) is 2.42. The third kappa shape index (κ3) is 7.28. The summed E-state index contributed by atoms with van der Waals surface area (Å²) in [6.07, 6.45) is 7.43. The van der Waals surface area contributed by atoms with Crippen LogP contribution in [0.1, 0.15) is 91.7 Å². The molecule has 11 heteroatoms. The third-order valence-electron chi connectivity index (χ3n) is 8.15. The number of nitrogens with zero attached hydrogens (tertiary/aromatic N) is 3. The summed E-state index contributed by atoms with van der Waals surface area (Å²) in [5.41, 5.74) is -0.767. The number of oxazole rings is 1. The summed E-state index contributed by atoms with van der Waals surface area (Å²) in [6, 6.07) is 0.165. The van der Waals surface area contributed by atoms with Gasteiger partial charge in [-0.2, -0.15) is 0 Å². The van der Waals surface area contributed by atoms with Gasteiger partial charge in [0.25, 0.3) is 0 Å². The zero-order valence-electron chi connectivity index (χ0n) is 24.0. The number of hydrogen-bond acceptors (Lipinski definition) is 8. The average molecular weight is 578 g/mol. The Morgan fingerprint density at radius 1 is 1.15 bits per heavy atom. The van der Waals surface area contributed by atoms with Gasteiger partial charge in [-0.15, -0.1) is 11.8 Å². The SMILES string of the molecule is CC(C)(C)c1cnc(CSc2cnc(NC3CCCN(C(=O)C4CCC(NC(=O)O)(C(C)(C)C)CC4)C3)s2)o1. The molecule has 1 aliphatic carbocycles. The second kappa shape index (κ2) is 11.7. The summed E-state index contributed by atoms with van der Waals surface area (Å²) in [5, 5.41) is 16.6. The number of hydrogen-bond donors (Lipinski definition) is 3. The number of thiazole rings is 1. The zero-order valence-corrected chi connectivity index (χ0v) is 25.6. The van der Waals surface area contributed by atoms with Crippen molar-refractivity contribution >= 4 is 40.2 Å². The van der Waals surface area contributed by atoms with Gasteiger partial charge < -0.3 is 25.1 Å². The molecular formula is C28H43N5O4S2. The van der Waals surface area contributed by atoms with Crippen LogP contribution in [-0.4, -0.2) is 56.6 Å². The first-order chi connectivity index (χ1) is 18.3. The molecule has 0 spiro atoms. The third-order valence-corrected chi connectivity index (χ3v) is 10.3. The fourth-order valence-corrected chi connectivity index (χ4v) is 7.40. The number of rotatable bonds is 7.